The van der Waals surface area contributed by atoms with Gasteiger partial charge >= 0.3 is 0 Å². The molecule has 0 aromatic heterocycles. The van der Waals surface area contributed by atoms with Crippen molar-refractivity contribution >= 4 is 0 Å². The molecule has 0 aliphatic carbocycles. The highest BCUT2D eigenvalue weighted by molar-refractivity contribution is 4.72. The van der Waals surface area contributed by atoms with Gasteiger partial charge in [-0.15, -0.1) is 0 Å². The van der Waals surface area contributed by atoms with Crippen molar-refractivity contribution in [2.45, 2.75) is 12.6 Å². The van der Waals surface area contributed by atoms with E-state index < -0.39 is 0 Å². The fourth-order valence-corrected chi connectivity index (χ4v) is 0.535. The molecule has 2 N–H and O–H groups in total. The first kappa shape index (κ1) is 4.09. The van der Waals surface area contributed by atoms with Crippen LogP contribution in [-0.4, -0.2) is 19.8 Å². The summed E-state index contributed by atoms with van der Waals surface area (Å²) in [5.74, 6) is 0. The van der Waals surface area contributed by atoms with Crippen LogP contribution in [0.3, 0.4) is 0 Å². The molecule has 0 saturated carbocycles. The molecule has 0 bridgehead atoms. The summed E-state index contributed by atoms with van der Waals surface area (Å²) in [7, 11) is 1.97. The summed E-state index contributed by atoms with van der Waals surface area (Å²) in [5, 5.41) is 6.27. The van der Waals surface area contributed by atoms with E-state index in [-0.39, 0.29) is 0 Å². The molecule has 1 aliphatic heterocycles. The van der Waals surface area contributed by atoms with Gasteiger partial charge in [-0.25, -0.2) is 0 Å². The smallest absolute Gasteiger partial charge is 0.0581 e. The molecule has 1 atom stereocenters. The van der Waals surface area contributed by atoms with Gasteiger partial charge in [-0.05, 0) is 20.0 Å². The quantitative estimate of drug-likeness (QED) is 0.450. The van der Waals surface area contributed by atoms with Crippen LogP contribution in [-0.2, 0) is 0 Å². The molecule has 36 valence electrons. The number of nitrogens with one attached hydrogen (secondary N) is 2. The Bertz CT molecular complexity index is 38.1. The summed E-state index contributed by atoms with van der Waals surface area (Å²) in [6, 6.07) is 0. The average Bonchev–Trinajstić information content (AvgIpc) is 1.31. The molecule has 0 radical (unpaired) electrons. The lowest BCUT2D eigenvalue weighted by atomic mass is 10.2. The van der Waals surface area contributed by atoms with Gasteiger partial charge in [-0.2, -0.15) is 0 Å². The number of hydrogen-bond donors (Lipinski definition) is 2. The Morgan fingerprint density at radius 2 is 2.50 bits per heavy atom. The zero-order valence-electron chi connectivity index (χ0n) is 3.99. The zero-order valence-corrected chi connectivity index (χ0v) is 3.99. The third-order valence-corrected chi connectivity index (χ3v) is 1.17. The van der Waals surface area contributed by atoms with Crippen molar-refractivity contribution in [2.24, 2.45) is 0 Å². The molecule has 1 heterocycles. The van der Waals surface area contributed by atoms with Gasteiger partial charge in [0, 0.05) is 0 Å². The van der Waals surface area contributed by atoms with Crippen LogP contribution >= 0.6 is 0 Å². The maximum atomic E-state index is 3.18. The molecule has 0 aromatic rings. The van der Waals surface area contributed by atoms with Gasteiger partial charge in [0.2, 0.25) is 0 Å². The lowest BCUT2D eigenvalue weighted by molar-refractivity contribution is 0.329. The molecule has 1 saturated heterocycles. The van der Waals surface area contributed by atoms with E-state index in [0.717, 1.165) is 0 Å². The second kappa shape index (κ2) is 1.58. The van der Waals surface area contributed by atoms with E-state index in [2.05, 4.69) is 10.6 Å². The van der Waals surface area contributed by atoms with Crippen LogP contribution in [0.2, 0.25) is 0 Å². The van der Waals surface area contributed by atoms with Crippen LogP contribution in [0.5, 0.6) is 0 Å². The summed E-state index contributed by atoms with van der Waals surface area (Å²) in [6.45, 7) is 1.19. The van der Waals surface area contributed by atoms with E-state index in [0.29, 0.717) is 6.17 Å². The van der Waals surface area contributed by atoms with Gasteiger partial charge in [0.1, 0.15) is 0 Å². The van der Waals surface area contributed by atoms with Gasteiger partial charge < -0.3 is 10.6 Å². The summed E-state index contributed by atoms with van der Waals surface area (Å²) >= 11 is 0. The van der Waals surface area contributed by atoms with Crippen molar-refractivity contribution in [2.75, 3.05) is 13.6 Å². The SMILES string of the molecule is CNC1CCN1. The molecule has 2 nitrogen and oxygen atoms in total. The third kappa shape index (κ3) is 0.533. The Morgan fingerprint density at radius 3 is 2.50 bits per heavy atom. The van der Waals surface area contributed by atoms with E-state index in [1.54, 1.807) is 0 Å². The summed E-state index contributed by atoms with van der Waals surface area (Å²) in [6.07, 6.45) is 1.90. The Kier molecular flexibility index (Phi) is 1.08. The average molecular weight is 86.1 g/mol. The fourth-order valence-electron chi connectivity index (χ4n) is 0.535. The topological polar surface area (TPSA) is 24.1 Å². The van der Waals surface area contributed by atoms with Crippen molar-refractivity contribution < 1.29 is 0 Å². The molecule has 0 aromatic carbocycles. The molecular weight excluding hydrogens is 76.1 g/mol. The minimum absolute atomic E-state index is 0.616. The second-order valence-corrected chi connectivity index (χ2v) is 1.58. The minimum atomic E-state index is 0.616. The van der Waals surface area contributed by atoms with Gasteiger partial charge in [0.05, 0.1) is 6.17 Å². The predicted octanol–water partition coefficient (Wildman–Crippen LogP) is -0.475. The number of rotatable bonds is 1. The highest BCUT2D eigenvalue weighted by Crippen LogP contribution is 1.93. The highest BCUT2D eigenvalue weighted by Gasteiger charge is 2.11. The van der Waals surface area contributed by atoms with Gasteiger partial charge in [0.25, 0.3) is 0 Å². The zero-order chi connectivity index (χ0) is 4.41. The van der Waals surface area contributed by atoms with E-state index in [4.69, 9.17) is 0 Å². The van der Waals surface area contributed by atoms with Gasteiger partial charge in [-0.3, -0.25) is 0 Å². The summed E-state index contributed by atoms with van der Waals surface area (Å²) in [5.41, 5.74) is 0. The molecule has 1 aliphatic rings. The van der Waals surface area contributed by atoms with E-state index in [1.807, 2.05) is 7.05 Å². The van der Waals surface area contributed by atoms with Crippen molar-refractivity contribution in [3.63, 3.8) is 0 Å². The minimum Gasteiger partial charge on any atom is -0.305 e. The van der Waals surface area contributed by atoms with Crippen LogP contribution < -0.4 is 10.6 Å². The van der Waals surface area contributed by atoms with Crippen LogP contribution in [0.15, 0.2) is 0 Å². The Labute approximate surface area is 37.9 Å². The Hall–Kier alpha value is -0.0800. The van der Waals surface area contributed by atoms with Crippen molar-refractivity contribution in [1.82, 2.24) is 10.6 Å². The summed E-state index contributed by atoms with van der Waals surface area (Å²) in [4.78, 5) is 0. The lowest BCUT2D eigenvalue weighted by Gasteiger charge is -2.26. The van der Waals surface area contributed by atoms with Crippen LogP contribution in [0, 0.1) is 0 Å². The van der Waals surface area contributed by atoms with E-state index in [1.165, 1.54) is 13.0 Å². The Morgan fingerprint density at radius 1 is 1.83 bits per heavy atom. The molecule has 0 spiro atoms. The molecule has 0 amide bonds. The molecule has 1 rings (SSSR count). The van der Waals surface area contributed by atoms with Gasteiger partial charge in [0.15, 0.2) is 0 Å². The molecule has 2 heteroatoms. The first-order chi connectivity index (χ1) is 2.93. The van der Waals surface area contributed by atoms with Crippen LogP contribution in [0.4, 0.5) is 0 Å². The van der Waals surface area contributed by atoms with E-state index >= 15 is 0 Å². The molecule has 1 unspecified atom stereocenters. The number of hydrogen-bond acceptors (Lipinski definition) is 2. The second-order valence-electron chi connectivity index (χ2n) is 1.58. The van der Waals surface area contributed by atoms with E-state index in [9.17, 15) is 0 Å². The third-order valence-electron chi connectivity index (χ3n) is 1.17. The molecule has 6 heavy (non-hydrogen) atoms. The van der Waals surface area contributed by atoms with Crippen LogP contribution in [0.1, 0.15) is 6.42 Å². The van der Waals surface area contributed by atoms with Gasteiger partial charge in [-0.1, -0.05) is 0 Å². The standard InChI is InChI=1S/C4H10N2/c1-5-4-2-3-6-4/h4-6H,2-3H2,1H3. The maximum absolute atomic E-state index is 3.18. The molecule has 1 fully saturated rings. The normalized spacial score (nSPS) is 32.5. The largest absolute Gasteiger partial charge is 0.305 e. The monoisotopic (exact) mass is 86.1 g/mol. The maximum Gasteiger partial charge on any atom is 0.0581 e. The first-order valence-corrected chi connectivity index (χ1v) is 2.34. The highest BCUT2D eigenvalue weighted by atomic mass is 15.2. The van der Waals surface area contributed by atoms with Crippen molar-refractivity contribution in [3.8, 4) is 0 Å². The van der Waals surface area contributed by atoms with Crippen molar-refractivity contribution in [3.05, 3.63) is 0 Å². The van der Waals surface area contributed by atoms with Crippen molar-refractivity contribution in [1.29, 1.82) is 0 Å². The predicted molar refractivity (Wildman–Crippen MR) is 25.5 cm³/mol. The molecular formula is C4H10N2. The Balaban J connectivity index is 2.01. The fraction of sp³-hybridized carbons (Fsp3) is 1.00. The van der Waals surface area contributed by atoms with Crippen LogP contribution in [0.25, 0.3) is 0 Å². The first-order valence-electron chi connectivity index (χ1n) is 2.34. The summed E-state index contributed by atoms with van der Waals surface area (Å²) < 4.78 is 0. The lowest BCUT2D eigenvalue weighted by Crippen LogP contribution is -2.51.